The van der Waals surface area contributed by atoms with Crippen molar-refractivity contribution in [2.75, 3.05) is 6.61 Å². The van der Waals surface area contributed by atoms with Crippen LogP contribution in [0.4, 0.5) is 0 Å². The Kier molecular flexibility index (Phi) is 3.17. The molecule has 0 atom stereocenters. The fourth-order valence-corrected chi connectivity index (χ4v) is 1.23. The highest BCUT2D eigenvalue weighted by molar-refractivity contribution is 5.06. The maximum absolute atomic E-state index is 8.62. The van der Waals surface area contributed by atoms with Crippen molar-refractivity contribution >= 4 is 0 Å². The van der Waals surface area contributed by atoms with Gasteiger partial charge in [0.15, 0.2) is 0 Å². The molecule has 1 aromatic heterocycles. The molecule has 62 valence electrons. The fourth-order valence-electron chi connectivity index (χ4n) is 1.23. The zero-order chi connectivity index (χ0) is 8.10. The van der Waals surface area contributed by atoms with Crippen molar-refractivity contribution in [3.8, 4) is 0 Å². The number of aliphatic hydroxyl groups is 1. The molecule has 1 rings (SSSR count). The van der Waals surface area contributed by atoms with Crippen LogP contribution in [-0.2, 0) is 13.0 Å². The number of nitrogens with zero attached hydrogens (tertiary/aromatic N) is 1. The van der Waals surface area contributed by atoms with E-state index >= 15 is 0 Å². The summed E-state index contributed by atoms with van der Waals surface area (Å²) in [7, 11) is 0. The Bertz CT molecular complexity index is 205. The van der Waals surface area contributed by atoms with Crippen molar-refractivity contribution in [2.45, 2.75) is 26.3 Å². The molecular formula is C9H15NO. The quantitative estimate of drug-likeness (QED) is 0.695. The van der Waals surface area contributed by atoms with Crippen LogP contribution < -0.4 is 0 Å². The van der Waals surface area contributed by atoms with E-state index in [0.29, 0.717) is 0 Å². The van der Waals surface area contributed by atoms with Crippen LogP contribution in [0.3, 0.4) is 0 Å². The second-order valence-electron chi connectivity index (χ2n) is 2.62. The van der Waals surface area contributed by atoms with Gasteiger partial charge in [-0.2, -0.15) is 0 Å². The minimum atomic E-state index is 0.279. The van der Waals surface area contributed by atoms with Crippen molar-refractivity contribution in [1.29, 1.82) is 0 Å². The Hall–Kier alpha value is -0.760. The van der Waals surface area contributed by atoms with Gasteiger partial charge in [0.2, 0.25) is 0 Å². The van der Waals surface area contributed by atoms with E-state index in [1.807, 2.05) is 0 Å². The highest BCUT2D eigenvalue weighted by Gasteiger charge is 1.95. The van der Waals surface area contributed by atoms with Crippen molar-refractivity contribution in [3.63, 3.8) is 0 Å². The van der Waals surface area contributed by atoms with Gasteiger partial charge < -0.3 is 9.67 Å². The van der Waals surface area contributed by atoms with E-state index in [9.17, 15) is 0 Å². The van der Waals surface area contributed by atoms with Crippen LogP contribution in [0.1, 0.15) is 19.0 Å². The van der Waals surface area contributed by atoms with Gasteiger partial charge in [-0.25, -0.2) is 0 Å². The maximum atomic E-state index is 8.62. The van der Waals surface area contributed by atoms with Crippen LogP contribution in [0.25, 0.3) is 0 Å². The molecule has 0 saturated carbocycles. The molecule has 0 aliphatic rings. The smallest absolute Gasteiger partial charge is 0.0448 e. The summed E-state index contributed by atoms with van der Waals surface area (Å²) in [5, 5.41) is 8.62. The summed E-state index contributed by atoms with van der Waals surface area (Å²) in [6, 6.07) is 4.17. The summed E-state index contributed by atoms with van der Waals surface area (Å²) in [5.74, 6) is 0. The Balaban J connectivity index is 2.54. The van der Waals surface area contributed by atoms with E-state index in [4.69, 9.17) is 5.11 Å². The van der Waals surface area contributed by atoms with Gasteiger partial charge in [-0.15, -0.1) is 0 Å². The van der Waals surface area contributed by atoms with Crippen LogP contribution in [-0.4, -0.2) is 16.3 Å². The van der Waals surface area contributed by atoms with Gasteiger partial charge in [-0.1, -0.05) is 6.92 Å². The molecule has 0 bridgehead atoms. The van der Waals surface area contributed by atoms with E-state index in [2.05, 4.69) is 29.8 Å². The molecule has 0 radical (unpaired) electrons. The highest BCUT2D eigenvalue weighted by atomic mass is 16.3. The first-order chi connectivity index (χ1) is 5.38. The Labute approximate surface area is 67.5 Å². The van der Waals surface area contributed by atoms with E-state index in [1.165, 1.54) is 5.69 Å². The van der Waals surface area contributed by atoms with E-state index in [1.54, 1.807) is 0 Å². The molecule has 0 aliphatic carbocycles. The zero-order valence-electron chi connectivity index (χ0n) is 6.95. The predicted octanol–water partition coefficient (Wildman–Crippen LogP) is 1.43. The third kappa shape index (κ3) is 2.09. The number of hydrogen-bond acceptors (Lipinski definition) is 1. The minimum absolute atomic E-state index is 0.279. The lowest BCUT2D eigenvalue weighted by Crippen LogP contribution is -2.02. The average molecular weight is 153 g/mol. The summed E-state index contributed by atoms with van der Waals surface area (Å²) in [6.07, 6.45) is 3.98. The number of aromatic nitrogens is 1. The second-order valence-corrected chi connectivity index (χ2v) is 2.62. The predicted molar refractivity (Wildman–Crippen MR) is 45.5 cm³/mol. The van der Waals surface area contributed by atoms with Crippen molar-refractivity contribution in [1.82, 2.24) is 4.57 Å². The molecule has 1 aromatic rings. The molecule has 0 spiro atoms. The van der Waals surface area contributed by atoms with Gasteiger partial charge in [0.05, 0.1) is 0 Å². The Morgan fingerprint density at radius 3 is 3.00 bits per heavy atom. The van der Waals surface area contributed by atoms with Gasteiger partial charge in [0, 0.05) is 25.0 Å². The third-order valence-corrected chi connectivity index (χ3v) is 1.84. The van der Waals surface area contributed by atoms with Crippen LogP contribution in [0.15, 0.2) is 18.3 Å². The molecule has 11 heavy (non-hydrogen) atoms. The topological polar surface area (TPSA) is 25.2 Å². The Morgan fingerprint density at radius 1 is 1.55 bits per heavy atom. The van der Waals surface area contributed by atoms with E-state index in [0.717, 1.165) is 19.4 Å². The van der Waals surface area contributed by atoms with Crippen molar-refractivity contribution in [3.05, 3.63) is 24.0 Å². The molecule has 0 aliphatic heterocycles. The monoisotopic (exact) mass is 153 g/mol. The number of aliphatic hydroxyl groups excluding tert-OH is 1. The van der Waals surface area contributed by atoms with E-state index in [-0.39, 0.29) is 6.61 Å². The first-order valence-electron chi connectivity index (χ1n) is 4.13. The first-order valence-corrected chi connectivity index (χ1v) is 4.13. The maximum Gasteiger partial charge on any atom is 0.0448 e. The number of rotatable bonds is 4. The van der Waals surface area contributed by atoms with E-state index < -0.39 is 0 Å². The van der Waals surface area contributed by atoms with Gasteiger partial charge in [0.25, 0.3) is 0 Å². The Morgan fingerprint density at radius 2 is 2.36 bits per heavy atom. The fraction of sp³-hybridized carbons (Fsp3) is 0.556. The molecule has 0 saturated heterocycles. The van der Waals surface area contributed by atoms with Gasteiger partial charge >= 0.3 is 0 Å². The van der Waals surface area contributed by atoms with Gasteiger partial charge in [-0.3, -0.25) is 0 Å². The normalized spacial score (nSPS) is 10.4. The minimum Gasteiger partial charge on any atom is -0.396 e. The largest absolute Gasteiger partial charge is 0.396 e. The molecule has 0 unspecified atom stereocenters. The van der Waals surface area contributed by atoms with Crippen LogP contribution >= 0.6 is 0 Å². The third-order valence-electron chi connectivity index (χ3n) is 1.84. The molecule has 0 fully saturated rings. The van der Waals surface area contributed by atoms with Crippen LogP contribution in [0.2, 0.25) is 0 Å². The van der Waals surface area contributed by atoms with Gasteiger partial charge in [0.1, 0.15) is 0 Å². The average Bonchev–Trinajstić information content (AvgIpc) is 2.47. The lowest BCUT2D eigenvalue weighted by atomic mass is 10.3. The number of aryl methyl sites for hydroxylation is 2. The molecule has 1 N–H and O–H groups in total. The molecule has 0 aromatic carbocycles. The first kappa shape index (κ1) is 8.34. The molecule has 2 heteroatoms. The summed E-state index contributed by atoms with van der Waals surface area (Å²) in [6.45, 7) is 3.36. The SMILES string of the molecule is CCc1cccn1CCCO. The van der Waals surface area contributed by atoms with Gasteiger partial charge in [-0.05, 0) is 25.0 Å². The second kappa shape index (κ2) is 4.19. The summed E-state index contributed by atoms with van der Waals surface area (Å²) >= 11 is 0. The summed E-state index contributed by atoms with van der Waals surface area (Å²) in [4.78, 5) is 0. The van der Waals surface area contributed by atoms with Crippen LogP contribution in [0, 0.1) is 0 Å². The summed E-state index contributed by atoms with van der Waals surface area (Å²) < 4.78 is 2.19. The molecule has 1 heterocycles. The molecular weight excluding hydrogens is 138 g/mol. The lowest BCUT2D eigenvalue weighted by molar-refractivity contribution is 0.279. The summed E-state index contributed by atoms with van der Waals surface area (Å²) in [5.41, 5.74) is 1.35. The molecule has 0 amide bonds. The lowest BCUT2D eigenvalue weighted by Gasteiger charge is -2.05. The highest BCUT2D eigenvalue weighted by Crippen LogP contribution is 2.03. The standard InChI is InChI=1S/C9H15NO/c1-2-9-5-3-6-10(9)7-4-8-11/h3,5-6,11H,2,4,7-8H2,1H3. The zero-order valence-corrected chi connectivity index (χ0v) is 6.95. The van der Waals surface area contributed by atoms with Crippen LogP contribution in [0.5, 0.6) is 0 Å². The molecule has 2 nitrogen and oxygen atoms in total. The van der Waals surface area contributed by atoms with Crippen molar-refractivity contribution < 1.29 is 5.11 Å². The van der Waals surface area contributed by atoms with Crippen molar-refractivity contribution in [2.24, 2.45) is 0 Å². The number of hydrogen-bond donors (Lipinski definition) is 1.